The lowest BCUT2D eigenvalue weighted by atomic mass is 10.3. The first-order valence-corrected chi connectivity index (χ1v) is 6.04. The highest BCUT2D eigenvalue weighted by Crippen LogP contribution is 2.10. The maximum atomic E-state index is 11.3. The molecule has 1 amide bonds. The predicted octanol–water partition coefficient (Wildman–Crippen LogP) is 0.285. The Morgan fingerprint density at radius 1 is 1.59 bits per heavy atom. The monoisotopic (exact) mass is 257 g/mol. The summed E-state index contributed by atoms with van der Waals surface area (Å²) in [6, 6.07) is 0. The van der Waals surface area contributed by atoms with Crippen molar-refractivity contribution in [2.24, 2.45) is 5.73 Å². The summed E-state index contributed by atoms with van der Waals surface area (Å²) in [7, 11) is 1.30. The molecule has 17 heavy (non-hydrogen) atoms. The Morgan fingerprint density at radius 2 is 2.35 bits per heavy atom. The van der Waals surface area contributed by atoms with Gasteiger partial charge in [0.05, 0.1) is 13.7 Å². The zero-order valence-corrected chi connectivity index (χ0v) is 10.4. The number of nitrogens with zero attached hydrogens (tertiary/aromatic N) is 1. The van der Waals surface area contributed by atoms with Crippen LogP contribution in [0.1, 0.15) is 28.3 Å². The van der Waals surface area contributed by atoms with Gasteiger partial charge in [0.15, 0.2) is 5.69 Å². The molecule has 94 valence electrons. The van der Waals surface area contributed by atoms with Crippen molar-refractivity contribution in [3.63, 3.8) is 0 Å². The molecule has 3 N–H and O–H groups in total. The number of hydrogen-bond donors (Lipinski definition) is 2. The molecule has 1 heterocycles. The Hall–Kier alpha value is -1.47. The number of nitrogens with two attached hydrogens (primary N) is 1. The van der Waals surface area contributed by atoms with E-state index in [1.165, 1.54) is 18.4 Å². The molecule has 0 unspecified atom stereocenters. The van der Waals surface area contributed by atoms with Gasteiger partial charge in [-0.3, -0.25) is 4.79 Å². The van der Waals surface area contributed by atoms with Gasteiger partial charge < -0.3 is 15.8 Å². The Morgan fingerprint density at radius 3 is 3.00 bits per heavy atom. The summed E-state index contributed by atoms with van der Waals surface area (Å²) < 4.78 is 4.53. The number of ether oxygens (including phenoxy) is 1. The van der Waals surface area contributed by atoms with Gasteiger partial charge in [-0.05, 0) is 13.0 Å². The summed E-state index contributed by atoms with van der Waals surface area (Å²) in [5.74, 6) is -0.535. The molecule has 0 aliphatic carbocycles. The van der Waals surface area contributed by atoms with Gasteiger partial charge >= 0.3 is 5.97 Å². The maximum absolute atomic E-state index is 11.3. The smallest absolute Gasteiger partial charge is 0.357 e. The first-order chi connectivity index (χ1) is 8.17. The number of hydrogen-bond acceptors (Lipinski definition) is 6. The minimum atomic E-state index is -0.470. The molecule has 1 aromatic heterocycles. The number of amides is 1. The summed E-state index contributed by atoms with van der Waals surface area (Å²) in [6.07, 6.45) is 1.07. The number of thiazole rings is 1. The van der Waals surface area contributed by atoms with E-state index in [0.29, 0.717) is 30.9 Å². The van der Waals surface area contributed by atoms with Crippen LogP contribution in [0.4, 0.5) is 0 Å². The van der Waals surface area contributed by atoms with Gasteiger partial charge in [-0.25, -0.2) is 9.78 Å². The van der Waals surface area contributed by atoms with Crippen LogP contribution in [-0.4, -0.2) is 30.5 Å². The predicted molar refractivity (Wildman–Crippen MR) is 63.6 cm³/mol. The molecule has 0 aromatic carbocycles. The second-order valence-corrected chi connectivity index (χ2v) is 4.23. The van der Waals surface area contributed by atoms with Crippen molar-refractivity contribution >= 4 is 23.2 Å². The normalized spacial score (nSPS) is 10.0. The van der Waals surface area contributed by atoms with E-state index in [1.807, 2.05) is 0 Å². The van der Waals surface area contributed by atoms with Crippen LogP contribution in [0, 0.1) is 0 Å². The number of esters is 1. The fraction of sp³-hybridized carbons (Fsp3) is 0.500. The molecule has 0 atom stereocenters. The van der Waals surface area contributed by atoms with Gasteiger partial charge in [0.1, 0.15) is 5.01 Å². The van der Waals surface area contributed by atoms with Crippen molar-refractivity contribution in [3.05, 3.63) is 16.1 Å². The van der Waals surface area contributed by atoms with Gasteiger partial charge in [0, 0.05) is 11.8 Å². The second-order valence-electron chi connectivity index (χ2n) is 3.29. The Kier molecular flexibility index (Phi) is 5.58. The van der Waals surface area contributed by atoms with Crippen molar-refractivity contribution in [2.75, 3.05) is 13.7 Å². The van der Waals surface area contributed by atoms with Crippen LogP contribution < -0.4 is 11.1 Å². The molecule has 7 heteroatoms. The molecule has 0 saturated heterocycles. The van der Waals surface area contributed by atoms with Gasteiger partial charge in [0.25, 0.3) is 0 Å². The summed E-state index contributed by atoms with van der Waals surface area (Å²) in [4.78, 5) is 26.5. The largest absolute Gasteiger partial charge is 0.464 e. The van der Waals surface area contributed by atoms with Crippen LogP contribution in [-0.2, 0) is 16.1 Å². The lowest BCUT2D eigenvalue weighted by Gasteiger charge is -2.01. The molecule has 0 fully saturated rings. The van der Waals surface area contributed by atoms with Crippen LogP contribution >= 0.6 is 11.3 Å². The highest BCUT2D eigenvalue weighted by Gasteiger charge is 2.10. The van der Waals surface area contributed by atoms with E-state index >= 15 is 0 Å². The van der Waals surface area contributed by atoms with Crippen LogP contribution in [0.5, 0.6) is 0 Å². The Bertz CT molecular complexity index is 392. The van der Waals surface area contributed by atoms with Crippen LogP contribution in [0.2, 0.25) is 0 Å². The Labute approximate surface area is 103 Å². The van der Waals surface area contributed by atoms with Gasteiger partial charge in [-0.2, -0.15) is 0 Å². The van der Waals surface area contributed by atoms with Crippen LogP contribution in [0.25, 0.3) is 0 Å². The average Bonchev–Trinajstić information content (AvgIpc) is 2.81. The third-order valence-electron chi connectivity index (χ3n) is 1.99. The molecule has 0 bridgehead atoms. The summed E-state index contributed by atoms with van der Waals surface area (Å²) in [6.45, 7) is 0.822. The lowest BCUT2D eigenvalue weighted by molar-refractivity contribution is -0.121. The molecule has 1 rings (SSSR count). The fourth-order valence-electron chi connectivity index (χ4n) is 1.12. The number of carbonyl (C=O) groups is 2. The zero-order valence-electron chi connectivity index (χ0n) is 9.56. The molecule has 0 spiro atoms. The van der Waals surface area contributed by atoms with E-state index in [4.69, 9.17) is 5.73 Å². The number of carbonyl (C=O) groups excluding carboxylic acids is 2. The van der Waals surface area contributed by atoms with E-state index < -0.39 is 5.97 Å². The molecule has 6 nitrogen and oxygen atoms in total. The van der Waals surface area contributed by atoms with E-state index in [-0.39, 0.29) is 11.6 Å². The number of methoxy groups -OCH3 is 1. The van der Waals surface area contributed by atoms with Gasteiger partial charge in [-0.1, -0.05) is 0 Å². The quantitative estimate of drug-likeness (QED) is 0.714. The summed E-state index contributed by atoms with van der Waals surface area (Å²) in [5, 5.41) is 4.98. The number of nitrogens with one attached hydrogen (secondary N) is 1. The number of rotatable bonds is 6. The zero-order chi connectivity index (χ0) is 12.7. The third-order valence-corrected chi connectivity index (χ3v) is 2.84. The lowest BCUT2D eigenvalue weighted by Crippen LogP contribution is -2.23. The van der Waals surface area contributed by atoms with Gasteiger partial charge in [0.2, 0.25) is 5.91 Å². The first kappa shape index (κ1) is 13.6. The minimum Gasteiger partial charge on any atom is -0.464 e. The maximum Gasteiger partial charge on any atom is 0.357 e. The Balaban J connectivity index is 2.39. The van der Waals surface area contributed by atoms with E-state index in [0.717, 1.165) is 0 Å². The van der Waals surface area contributed by atoms with E-state index in [2.05, 4.69) is 15.0 Å². The van der Waals surface area contributed by atoms with E-state index in [1.54, 1.807) is 5.38 Å². The van der Waals surface area contributed by atoms with Crippen molar-refractivity contribution in [1.29, 1.82) is 0 Å². The van der Waals surface area contributed by atoms with Gasteiger partial charge in [-0.15, -0.1) is 11.3 Å². The average molecular weight is 257 g/mol. The highest BCUT2D eigenvalue weighted by atomic mass is 32.1. The van der Waals surface area contributed by atoms with Crippen molar-refractivity contribution in [1.82, 2.24) is 10.3 Å². The first-order valence-electron chi connectivity index (χ1n) is 5.17. The van der Waals surface area contributed by atoms with Crippen LogP contribution in [0.15, 0.2) is 5.38 Å². The molecular weight excluding hydrogens is 242 g/mol. The molecule has 0 aliphatic rings. The standard InChI is InChI=1S/C10H15N3O3S/c1-16-10(15)7-6-17-9(13-7)5-12-8(14)3-2-4-11/h6H,2-5,11H2,1H3,(H,12,14). The van der Waals surface area contributed by atoms with E-state index in [9.17, 15) is 9.59 Å². The van der Waals surface area contributed by atoms with Crippen molar-refractivity contribution in [3.8, 4) is 0 Å². The summed E-state index contributed by atoms with van der Waals surface area (Å²) in [5.41, 5.74) is 5.56. The minimum absolute atomic E-state index is 0.0646. The second kappa shape index (κ2) is 6.97. The molecular formula is C10H15N3O3S. The molecule has 0 saturated carbocycles. The highest BCUT2D eigenvalue weighted by molar-refractivity contribution is 7.09. The van der Waals surface area contributed by atoms with Crippen molar-refractivity contribution in [2.45, 2.75) is 19.4 Å². The molecule has 1 aromatic rings. The topological polar surface area (TPSA) is 94.3 Å². The SMILES string of the molecule is COC(=O)c1csc(CNC(=O)CCCN)n1. The third kappa shape index (κ3) is 4.49. The molecule has 0 radical (unpaired) electrons. The van der Waals surface area contributed by atoms with Crippen LogP contribution in [0.3, 0.4) is 0 Å². The fourth-order valence-corrected chi connectivity index (χ4v) is 1.82. The summed E-state index contributed by atoms with van der Waals surface area (Å²) >= 11 is 1.31. The molecule has 0 aliphatic heterocycles. The number of aromatic nitrogens is 1. The van der Waals surface area contributed by atoms with Crippen molar-refractivity contribution < 1.29 is 14.3 Å².